The van der Waals surface area contributed by atoms with Crippen LogP contribution in [0, 0.1) is 13.8 Å². The molecule has 0 saturated heterocycles. The number of fused-ring (bicyclic) bond motifs is 3. The molecule has 1 aromatic heterocycles. The number of rotatable bonds is 8. The molecule has 0 spiro atoms. The van der Waals surface area contributed by atoms with Gasteiger partial charge in [-0.3, -0.25) is 0 Å². The average Bonchev–Trinajstić information content (AvgIpc) is 3.63. The Morgan fingerprint density at radius 2 is 0.810 bits per heavy atom. The third kappa shape index (κ3) is 6.45. The zero-order valence-electron chi connectivity index (χ0n) is 32.7. The molecule has 0 N–H and O–H groups in total. The van der Waals surface area contributed by atoms with Crippen LogP contribution in [0.1, 0.15) is 11.1 Å². The second-order valence-electron chi connectivity index (χ2n) is 15.1. The lowest BCUT2D eigenvalue weighted by Gasteiger charge is -2.27. The fourth-order valence-electron chi connectivity index (χ4n) is 8.39. The van der Waals surface area contributed by atoms with Gasteiger partial charge in [0.05, 0.1) is 16.7 Å². The van der Waals surface area contributed by atoms with Crippen molar-refractivity contribution >= 4 is 38.9 Å². The summed E-state index contributed by atoms with van der Waals surface area (Å²) in [6.45, 7) is 4.29. The Morgan fingerprint density at radius 3 is 1.38 bits per heavy atom. The van der Waals surface area contributed by atoms with Crippen molar-refractivity contribution in [3.05, 3.63) is 230 Å². The van der Waals surface area contributed by atoms with E-state index in [-0.39, 0.29) is 0 Å². The van der Waals surface area contributed by atoms with E-state index in [9.17, 15) is 0 Å². The molecule has 0 radical (unpaired) electrons. The van der Waals surface area contributed by atoms with Crippen LogP contribution in [-0.4, -0.2) is 4.57 Å². The maximum Gasteiger partial charge on any atom is 0.0562 e. The fraction of sp³-hybridized carbons (Fsp3) is 0.0357. The lowest BCUT2D eigenvalue weighted by molar-refractivity contribution is 1.18. The Kier molecular flexibility index (Phi) is 9.01. The molecule has 10 rings (SSSR count). The summed E-state index contributed by atoms with van der Waals surface area (Å²) in [5, 5.41) is 2.41. The van der Waals surface area contributed by atoms with Crippen LogP contribution in [0.2, 0.25) is 0 Å². The average molecular weight is 743 g/mol. The molecular formula is C56H42N2. The van der Waals surface area contributed by atoms with Crippen molar-refractivity contribution < 1.29 is 0 Å². The first kappa shape index (κ1) is 35.0. The molecule has 0 atom stereocenters. The minimum absolute atomic E-state index is 1.10. The molecule has 1 heterocycles. The molecule has 2 heteroatoms. The molecular weight excluding hydrogens is 701 g/mol. The van der Waals surface area contributed by atoms with Gasteiger partial charge in [-0.15, -0.1) is 0 Å². The highest BCUT2D eigenvalue weighted by atomic mass is 15.1. The van der Waals surface area contributed by atoms with Crippen molar-refractivity contribution in [2.75, 3.05) is 4.90 Å². The molecule has 0 fully saturated rings. The minimum atomic E-state index is 1.10. The van der Waals surface area contributed by atoms with Crippen LogP contribution in [0.4, 0.5) is 17.1 Å². The van der Waals surface area contributed by atoms with E-state index >= 15 is 0 Å². The van der Waals surface area contributed by atoms with Gasteiger partial charge in [0.15, 0.2) is 0 Å². The third-order valence-electron chi connectivity index (χ3n) is 11.4. The zero-order chi connectivity index (χ0) is 39.0. The maximum atomic E-state index is 2.44. The van der Waals surface area contributed by atoms with Crippen LogP contribution < -0.4 is 4.90 Å². The molecule has 2 nitrogen and oxygen atoms in total. The summed E-state index contributed by atoms with van der Waals surface area (Å²) in [6, 6.07) is 79.5. The number of aromatic nitrogens is 1. The molecule has 0 aliphatic rings. The van der Waals surface area contributed by atoms with Crippen LogP contribution in [-0.2, 0) is 0 Å². The number of benzene rings is 9. The molecule has 0 bridgehead atoms. The summed E-state index contributed by atoms with van der Waals surface area (Å²) < 4.78 is 2.44. The fourth-order valence-corrected chi connectivity index (χ4v) is 8.39. The molecule has 9 aromatic carbocycles. The van der Waals surface area contributed by atoms with Gasteiger partial charge in [0.25, 0.3) is 0 Å². The molecule has 10 aromatic rings. The smallest absolute Gasteiger partial charge is 0.0562 e. The largest absolute Gasteiger partial charge is 0.310 e. The molecule has 58 heavy (non-hydrogen) atoms. The van der Waals surface area contributed by atoms with E-state index < -0.39 is 0 Å². The first-order valence-electron chi connectivity index (χ1n) is 20.0. The predicted octanol–water partition coefficient (Wildman–Crippen LogP) is 15.5. The molecule has 0 unspecified atom stereocenters. The van der Waals surface area contributed by atoms with Crippen molar-refractivity contribution in [3.8, 4) is 50.2 Å². The Hall–Kier alpha value is -7.42. The van der Waals surface area contributed by atoms with Gasteiger partial charge in [-0.1, -0.05) is 175 Å². The quantitative estimate of drug-likeness (QED) is 0.150. The van der Waals surface area contributed by atoms with Crippen molar-refractivity contribution in [1.82, 2.24) is 4.57 Å². The maximum absolute atomic E-state index is 2.44. The third-order valence-corrected chi connectivity index (χ3v) is 11.4. The Bertz CT molecular complexity index is 2930. The van der Waals surface area contributed by atoms with E-state index in [0.29, 0.717) is 0 Å². The highest BCUT2D eigenvalue weighted by molar-refractivity contribution is 6.16. The Morgan fingerprint density at radius 1 is 0.345 bits per heavy atom. The number of anilines is 3. The molecule has 0 amide bonds. The molecule has 0 aliphatic heterocycles. The van der Waals surface area contributed by atoms with Gasteiger partial charge >= 0.3 is 0 Å². The lowest BCUT2D eigenvalue weighted by atomic mass is 9.93. The van der Waals surface area contributed by atoms with Crippen molar-refractivity contribution in [3.63, 3.8) is 0 Å². The summed E-state index contributed by atoms with van der Waals surface area (Å²) in [7, 11) is 0. The normalized spacial score (nSPS) is 11.3. The van der Waals surface area contributed by atoms with Crippen LogP contribution in [0.3, 0.4) is 0 Å². The lowest BCUT2D eigenvalue weighted by Crippen LogP contribution is -2.10. The van der Waals surface area contributed by atoms with E-state index in [4.69, 9.17) is 0 Å². The van der Waals surface area contributed by atoms with Crippen LogP contribution in [0.15, 0.2) is 218 Å². The highest BCUT2D eigenvalue weighted by Crippen LogP contribution is 2.45. The van der Waals surface area contributed by atoms with E-state index in [1.54, 1.807) is 0 Å². The zero-order valence-corrected chi connectivity index (χ0v) is 32.7. The first-order valence-corrected chi connectivity index (χ1v) is 20.0. The summed E-state index contributed by atoms with van der Waals surface area (Å²) in [6.07, 6.45) is 0. The SMILES string of the molecule is Cc1ccc(-c2ccc(-n3c4ccccc4c4c(N(c5ccc(-c6ccccc6)cc5)c5ccc(-c6ccccc6)cc5)cccc43)cc2-c2ccc(C)cc2)cc1. The molecule has 0 saturated carbocycles. The topological polar surface area (TPSA) is 8.17 Å². The Labute approximate surface area is 340 Å². The summed E-state index contributed by atoms with van der Waals surface area (Å²) in [5.41, 5.74) is 18.9. The summed E-state index contributed by atoms with van der Waals surface area (Å²) >= 11 is 0. The first-order chi connectivity index (χ1) is 28.6. The van der Waals surface area contributed by atoms with Gasteiger partial charge in [0.1, 0.15) is 0 Å². The predicted molar refractivity (Wildman–Crippen MR) is 247 cm³/mol. The highest BCUT2D eigenvalue weighted by Gasteiger charge is 2.22. The van der Waals surface area contributed by atoms with E-state index in [1.165, 1.54) is 71.9 Å². The van der Waals surface area contributed by atoms with Crippen molar-refractivity contribution in [2.24, 2.45) is 0 Å². The number of nitrogens with zero attached hydrogens (tertiary/aromatic N) is 2. The van der Waals surface area contributed by atoms with E-state index in [2.05, 4.69) is 242 Å². The van der Waals surface area contributed by atoms with Gasteiger partial charge in [0, 0.05) is 27.8 Å². The number of hydrogen-bond acceptors (Lipinski definition) is 1. The standard InChI is InChI=1S/C56H42N2/c1-39-20-24-45(25-21-39)50-37-36-49(38-52(50)46-26-22-40(2)23-27-46)58-53-17-10-9-16-51(53)56-54(18-11-19-55(56)58)57(47-32-28-43(29-33-47)41-12-5-3-6-13-41)48-34-30-44(31-35-48)42-14-7-4-8-15-42/h3-38H,1-2H3. The summed E-state index contributed by atoms with van der Waals surface area (Å²) in [4.78, 5) is 2.42. The van der Waals surface area contributed by atoms with Crippen molar-refractivity contribution in [1.29, 1.82) is 0 Å². The Balaban J connectivity index is 1.18. The summed E-state index contributed by atoms with van der Waals surface area (Å²) in [5.74, 6) is 0. The van der Waals surface area contributed by atoms with E-state index in [1.807, 2.05) is 0 Å². The van der Waals surface area contributed by atoms with Crippen LogP contribution in [0.25, 0.3) is 72.0 Å². The minimum Gasteiger partial charge on any atom is -0.310 e. The van der Waals surface area contributed by atoms with Crippen LogP contribution in [0.5, 0.6) is 0 Å². The van der Waals surface area contributed by atoms with Crippen LogP contribution >= 0.6 is 0 Å². The number of aryl methyl sites for hydroxylation is 2. The van der Waals surface area contributed by atoms with Gasteiger partial charge in [-0.25, -0.2) is 0 Å². The molecule has 0 aliphatic carbocycles. The second kappa shape index (κ2) is 14.9. The second-order valence-corrected chi connectivity index (χ2v) is 15.1. The van der Waals surface area contributed by atoms with Crippen molar-refractivity contribution in [2.45, 2.75) is 13.8 Å². The van der Waals surface area contributed by atoms with Gasteiger partial charge in [-0.2, -0.15) is 0 Å². The van der Waals surface area contributed by atoms with E-state index in [0.717, 1.165) is 28.3 Å². The number of hydrogen-bond donors (Lipinski definition) is 0. The monoisotopic (exact) mass is 742 g/mol. The van der Waals surface area contributed by atoms with Gasteiger partial charge in [-0.05, 0) is 113 Å². The number of para-hydroxylation sites is 1. The van der Waals surface area contributed by atoms with Gasteiger partial charge in [0.2, 0.25) is 0 Å². The van der Waals surface area contributed by atoms with Gasteiger partial charge < -0.3 is 9.47 Å². The molecule has 276 valence electrons.